The summed E-state index contributed by atoms with van der Waals surface area (Å²) in [6.07, 6.45) is 0. The summed E-state index contributed by atoms with van der Waals surface area (Å²) in [5, 5.41) is 11.6. The molecule has 1 atom stereocenters. The second kappa shape index (κ2) is 4.43. The Morgan fingerprint density at radius 3 is 2.86 bits per heavy atom. The summed E-state index contributed by atoms with van der Waals surface area (Å²) in [7, 11) is 0. The number of hydrogen-bond donors (Lipinski definition) is 1. The third kappa shape index (κ3) is 2.60. The topological polar surface area (TPSA) is 52.9 Å². The number of ketones is 1. The van der Waals surface area contributed by atoms with Gasteiger partial charge in [0.05, 0.1) is 6.07 Å². The molecule has 0 aliphatic rings. The zero-order valence-corrected chi connectivity index (χ0v) is 8.24. The number of anilines is 1. The van der Waals surface area contributed by atoms with Crippen LogP contribution >= 0.6 is 0 Å². The molecule has 0 radical (unpaired) electrons. The van der Waals surface area contributed by atoms with E-state index in [1.54, 1.807) is 25.1 Å². The van der Waals surface area contributed by atoms with Crippen LogP contribution in [0, 0.1) is 11.3 Å². The lowest BCUT2D eigenvalue weighted by Gasteiger charge is -2.08. The number of Topliss-reactive ketones (excluding diaryl/α,β-unsaturated/α-hetero) is 1. The van der Waals surface area contributed by atoms with Gasteiger partial charge in [0, 0.05) is 11.3 Å². The van der Waals surface area contributed by atoms with Gasteiger partial charge in [0.15, 0.2) is 5.78 Å². The first-order chi connectivity index (χ1) is 6.63. The van der Waals surface area contributed by atoms with Crippen molar-refractivity contribution in [1.29, 1.82) is 5.26 Å². The second-order valence-corrected chi connectivity index (χ2v) is 3.13. The van der Waals surface area contributed by atoms with Crippen LogP contribution in [0.5, 0.6) is 0 Å². The lowest BCUT2D eigenvalue weighted by molar-refractivity contribution is 0.101. The Labute approximate surface area is 83.4 Å². The van der Waals surface area contributed by atoms with E-state index in [1.807, 2.05) is 6.07 Å². The van der Waals surface area contributed by atoms with Crippen molar-refractivity contribution in [1.82, 2.24) is 0 Å². The molecule has 1 aromatic carbocycles. The molecule has 0 bridgehead atoms. The largest absolute Gasteiger partial charge is 0.370 e. The van der Waals surface area contributed by atoms with Crippen LogP contribution in [0.3, 0.4) is 0 Å². The first-order valence-corrected chi connectivity index (χ1v) is 4.40. The molecule has 14 heavy (non-hydrogen) atoms. The lowest BCUT2D eigenvalue weighted by Crippen LogP contribution is -2.12. The molecule has 0 fully saturated rings. The molecule has 3 heteroatoms. The summed E-state index contributed by atoms with van der Waals surface area (Å²) in [6.45, 7) is 3.28. The van der Waals surface area contributed by atoms with Crippen molar-refractivity contribution < 1.29 is 4.79 Å². The molecular formula is C11H12N2O. The van der Waals surface area contributed by atoms with Gasteiger partial charge in [0.25, 0.3) is 0 Å². The molecule has 1 unspecified atom stereocenters. The van der Waals surface area contributed by atoms with E-state index < -0.39 is 0 Å². The van der Waals surface area contributed by atoms with Gasteiger partial charge < -0.3 is 5.32 Å². The van der Waals surface area contributed by atoms with Crippen LogP contribution in [-0.2, 0) is 0 Å². The van der Waals surface area contributed by atoms with Gasteiger partial charge in [-0.25, -0.2) is 0 Å². The fourth-order valence-electron chi connectivity index (χ4n) is 1.11. The Hall–Kier alpha value is -1.82. The van der Waals surface area contributed by atoms with Gasteiger partial charge in [-0.1, -0.05) is 12.1 Å². The highest BCUT2D eigenvalue weighted by Gasteiger charge is 2.02. The summed E-state index contributed by atoms with van der Waals surface area (Å²) >= 11 is 0. The van der Waals surface area contributed by atoms with E-state index in [1.165, 1.54) is 6.92 Å². The van der Waals surface area contributed by atoms with Crippen molar-refractivity contribution in [2.24, 2.45) is 0 Å². The minimum Gasteiger partial charge on any atom is -0.370 e. The Morgan fingerprint density at radius 1 is 1.57 bits per heavy atom. The highest BCUT2D eigenvalue weighted by molar-refractivity contribution is 5.94. The smallest absolute Gasteiger partial charge is 0.159 e. The van der Waals surface area contributed by atoms with Crippen molar-refractivity contribution in [3.05, 3.63) is 29.8 Å². The molecule has 0 amide bonds. The molecule has 1 N–H and O–H groups in total. The zero-order chi connectivity index (χ0) is 10.6. The lowest BCUT2D eigenvalue weighted by atomic mass is 10.1. The fourth-order valence-corrected chi connectivity index (χ4v) is 1.11. The average Bonchev–Trinajstić information content (AvgIpc) is 2.18. The van der Waals surface area contributed by atoms with Crippen LogP contribution < -0.4 is 5.32 Å². The predicted octanol–water partition coefficient (Wildman–Crippen LogP) is 2.21. The number of carbonyl (C=O) groups excluding carboxylic acids is 1. The maximum absolute atomic E-state index is 11.1. The van der Waals surface area contributed by atoms with Crippen LogP contribution in [0.4, 0.5) is 5.69 Å². The van der Waals surface area contributed by atoms with Crippen LogP contribution in [0.15, 0.2) is 24.3 Å². The third-order valence-electron chi connectivity index (χ3n) is 1.85. The van der Waals surface area contributed by atoms with Crippen molar-refractivity contribution in [3.8, 4) is 6.07 Å². The summed E-state index contributed by atoms with van der Waals surface area (Å²) in [5.74, 6) is 0.0262. The van der Waals surface area contributed by atoms with Crippen molar-refractivity contribution in [2.75, 3.05) is 5.32 Å². The Bertz CT molecular complexity index is 379. The molecule has 1 aromatic rings. The van der Waals surface area contributed by atoms with Gasteiger partial charge in [0.2, 0.25) is 0 Å². The molecule has 3 nitrogen and oxygen atoms in total. The van der Waals surface area contributed by atoms with Crippen LogP contribution in [0.1, 0.15) is 24.2 Å². The molecule has 0 aliphatic carbocycles. The Morgan fingerprint density at radius 2 is 2.29 bits per heavy atom. The molecular weight excluding hydrogens is 176 g/mol. The highest BCUT2D eigenvalue weighted by atomic mass is 16.1. The Kier molecular flexibility index (Phi) is 3.24. The molecule has 72 valence electrons. The number of hydrogen-bond acceptors (Lipinski definition) is 3. The molecule has 0 aromatic heterocycles. The summed E-state index contributed by atoms with van der Waals surface area (Å²) in [5.41, 5.74) is 1.45. The maximum atomic E-state index is 11.1. The summed E-state index contributed by atoms with van der Waals surface area (Å²) in [6, 6.07) is 8.94. The zero-order valence-electron chi connectivity index (χ0n) is 8.24. The number of nitrogens with zero attached hydrogens (tertiary/aromatic N) is 1. The molecule has 0 saturated heterocycles. The summed E-state index contributed by atoms with van der Waals surface area (Å²) in [4.78, 5) is 11.1. The van der Waals surface area contributed by atoms with Gasteiger partial charge in [-0.3, -0.25) is 4.79 Å². The van der Waals surface area contributed by atoms with E-state index in [2.05, 4.69) is 11.4 Å². The first kappa shape index (κ1) is 10.3. The molecule has 0 heterocycles. The van der Waals surface area contributed by atoms with Crippen LogP contribution in [-0.4, -0.2) is 11.8 Å². The quantitative estimate of drug-likeness (QED) is 0.740. The standard InChI is InChI=1S/C11H12N2O/c1-8(7-12)13-11-5-3-4-10(6-11)9(2)14/h3-6,8,13H,1-2H3. The van der Waals surface area contributed by atoms with E-state index in [4.69, 9.17) is 5.26 Å². The number of carbonyl (C=O) groups is 1. The third-order valence-corrected chi connectivity index (χ3v) is 1.85. The normalized spacial score (nSPS) is 11.5. The molecule has 0 saturated carbocycles. The fraction of sp³-hybridized carbons (Fsp3) is 0.273. The van der Waals surface area contributed by atoms with E-state index in [0.717, 1.165) is 5.69 Å². The second-order valence-electron chi connectivity index (χ2n) is 3.13. The number of nitrogens with one attached hydrogen (secondary N) is 1. The minimum absolute atomic E-state index is 0.0262. The monoisotopic (exact) mass is 188 g/mol. The Balaban J connectivity index is 2.85. The van der Waals surface area contributed by atoms with Gasteiger partial charge in [0.1, 0.15) is 6.04 Å². The summed E-state index contributed by atoms with van der Waals surface area (Å²) < 4.78 is 0. The van der Waals surface area contributed by atoms with Gasteiger partial charge >= 0.3 is 0 Å². The molecule has 0 spiro atoms. The molecule has 1 rings (SSSR count). The van der Waals surface area contributed by atoms with E-state index >= 15 is 0 Å². The van der Waals surface area contributed by atoms with Crippen molar-refractivity contribution in [2.45, 2.75) is 19.9 Å². The number of nitriles is 1. The van der Waals surface area contributed by atoms with E-state index in [-0.39, 0.29) is 11.8 Å². The van der Waals surface area contributed by atoms with Crippen LogP contribution in [0.2, 0.25) is 0 Å². The van der Waals surface area contributed by atoms with Crippen LogP contribution in [0.25, 0.3) is 0 Å². The van der Waals surface area contributed by atoms with Gasteiger partial charge in [-0.05, 0) is 26.0 Å². The average molecular weight is 188 g/mol. The predicted molar refractivity (Wildman–Crippen MR) is 55.1 cm³/mol. The highest BCUT2D eigenvalue weighted by Crippen LogP contribution is 2.11. The molecule has 0 aliphatic heterocycles. The van der Waals surface area contributed by atoms with E-state index in [0.29, 0.717) is 5.56 Å². The van der Waals surface area contributed by atoms with Crippen molar-refractivity contribution in [3.63, 3.8) is 0 Å². The minimum atomic E-state index is -0.253. The van der Waals surface area contributed by atoms with Gasteiger partial charge in [-0.15, -0.1) is 0 Å². The first-order valence-electron chi connectivity index (χ1n) is 4.40. The number of rotatable bonds is 3. The van der Waals surface area contributed by atoms with Gasteiger partial charge in [-0.2, -0.15) is 5.26 Å². The maximum Gasteiger partial charge on any atom is 0.159 e. The SMILES string of the molecule is CC(=O)c1cccc(NC(C)C#N)c1. The number of benzene rings is 1. The van der Waals surface area contributed by atoms with Crippen molar-refractivity contribution >= 4 is 11.5 Å². The van der Waals surface area contributed by atoms with E-state index in [9.17, 15) is 4.79 Å².